The maximum Gasteiger partial charge on any atom is 0.255 e. The van der Waals surface area contributed by atoms with Crippen molar-refractivity contribution in [2.24, 2.45) is 5.84 Å². The summed E-state index contributed by atoms with van der Waals surface area (Å²) in [7, 11) is 0. The van der Waals surface area contributed by atoms with Crippen molar-refractivity contribution in [2.45, 2.75) is 13.1 Å². The third-order valence-electron chi connectivity index (χ3n) is 3.08. The highest BCUT2D eigenvalue weighted by Gasteiger charge is 2.22. The minimum atomic E-state index is -0.0645. The fourth-order valence-electron chi connectivity index (χ4n) is 2.03. The second-order valence-electron chi connectivity index (χ2n) is 4.24. The number of hydrogen-bond acceptors (Lipinski definition) is 6. The second kappa shape index (κ2) is 4.65. The van der Waals surface area contributed by atoms with Gasteiger partial charge in [-0.05, 0) is 12.1 Å². The lowest BCUT2D eigenvalue weighted by molar-refractivity contribution is 0.0707. The first-order valence-electron chi connectivity index (χ1n) is 5.86. The molecule has 0 saturated heterocycles. The number of pyridine rings is 1. The fraction of sp³-hybridized carbons (Fsp3) is 0.273. The number of carbonyl (C=O) groups excluding carboxylic acids is 1. The van der Waals surface area contributed by atoms with Gasteiger partial charge in [0, 0.05) is 19.3 Å². The van der Waals surface area contributed by atoms with Gasteiger partial charge < -0.3 is 14.9 Å². The van der Waals surface area contributed by atoms with Crippen LogP contribution in [0, 0.1) is 0 Å². The molecule has 0 aliphatic carbocycles. The van der Waals surface area contributed by atoms with Crippen molar-refractivity contribution in [3.05, 3.63) is 36.0 Å². The van der Waals surface area contributed by atoms with Crippen molar-refractivity contribution in [3.63, 3.8) is 0 Å². The summed E-state index contributed by atoms with van der Waals surface area (Å²) in [4.78, 5) is 18.1. The van der Waals surface area contributed by atoms with E-state index in [2.05, 4.69) is 20.6 Å². The molecule has 0 fully saturated rings. The molecule has 1 aliphatic rings. The van der Waals surface area contributed by atoms with Gasteiger partial charge in [0.25, 0.3) is 5.91 Å². The summed E-state index contributed by atoms with van der Waals surface area (Å²) in [6.07, 6.45) is 3.19. The highest BCUT2D eigenvalue weighted by Crippen LogP contribution is 2.13. The number of nitrogens with one attached hydrogen (secondary N) is 1. The van der Waals surface area contributed by atoms with Gasteiger partial charge in [-0.25, -0.2) is 10.8 Å². The molecule has 3 N–H and O–H groups in total. The average Bonchev–Trinajstić information content (AvgIpc) is 2.94. The third-order valence-corrected chi connectivity index (χ3v) is 3.08. The molecule has 0 spiro atoms. The Bertz CT molecular complexity index is 591. The SMILES string of the molecule is NNc1ccc(C(=O)N2CCn3cnnc3C2)cn1. The number of fused-ring (bicyclic) bond motifs is 1. The van der Waals surface area contributed by atoms with Crippen LogP contribution in [0.5, 0.6) is 0 Å². The number of hydrazine groups is 1. The Morgan fingerprint density at radius 3 is 3.00 bits per heavy atom. The highest BCUT2D eigenvalue weighted by molar-refractivity contribution is 5.94. The summed E-state index contributed by atoms with van der Waals surface area (Å²) < 4.78 is 1.95. The van der Waals surface area contributed by atoms with Gasteiger partial charge in [-0.2, -0.15) is 0 Å². The van der Waals surface area contributed by atoms with Gasteiger partial charge in [-0.3, -0.25) is 4.79 Å². The lowest BCUT2D eigenvalue weighted by Crippen LogP contribution is -2.38. The van der Waals surface area contributed by atoms with Crippen LogP contribution >= 0.6 is 0 Å². The number of aromatic nitrogens is 4. The zero-order valence-electron chi connectivity index (χ0n) is 10.2. The van der Waals surface area contributed by atoms with Crippen LogP contribution in [0.4, 0.5) is 5.82 Å². The minimum Gasteiger partial charge on any atom is -0.329 e. The van der Waals surface area contributed by atoms with Crippen molar-refractivity contribution in [1.82, 2.24) is 24.6 Å². The zero-order valence-corrected chi connectivity index (χ0v) is 10.2. The molecule has 0 unspecified atom stereocenters. The van der Waals surface area contributed by atoms with Crippen LogP contribution < -0.4 is 11.3 Å². The van der Waals surface area contributed by atoms with E-state index in [-0.39, 0.29) is 5.91 Å². The van der Waals surface area contributed by atoms with E-state index >= 15 is 0 Å². The van der Waals surface area contributed by atoms with Gasteiger partial charge >= 0.3 is 0 Å². The molecular formula is C11H13N7O. The van der Waals surface area contributed by atoms with Gasteiger partial charge in [-0.15, -0.1) is 10.2 Å². The molecule has 3 heterocycles. The molecule has 0 atom stereocenters. The van der Waals surface area contributed by atoms with Gasteiger partial charge in [0.15, 0.2) is 5.82 Å². The summed E-state index contributed by atoms with van der Waals surface area (Å²) in [5.41, 5.74) is 2.96. The van der Waals surface area contributed by atoms with Crippen molar-refractivity contribution in [1.29, 1.82) is 0 Å². The van der Waals surface area contributed by atoms with Gasteiger partial charge in [0.05, 0.1) is 12.1 Å². The Morgan fingerprint density at radius 2 is 2.26 bits per heavy atom. The first-order valence-corrected chi connectivity index (χ1v) is 5.86. The van der Waals surface area contributed by atoms with E-state index in [0.717, 1.165) is 5.82 Å². The van der Waals surface area contributed by atoms with Crippen molar-refractivity contribution < 1.29 is 4.79 Å². The predicted molar refractivity (Wildman–Crippen MR) is 66.8 cm³/mol. The second-order valence-corrected chi connectivity index (χ2v) is 4.24. The van der Waals surface area contributed by atoms with E-state index in [1.807, 2.05) is 4.57 Å². The Hall–Kier alpha value is -2.48. The van der Waals surface area contributed by atoms with Crippen LogP contribution in [-0.2, 0) is 13.1 Å². The van der Waals surface area contributed by atoms with Crippen molar-refractivity contribution in [3.8, 4) is 0 Å². The van der Waals surface area contributed by atoms with E-state index in [4.69, 9.17) is 5.84 Å². The largest absolute Gasteiger partial charge is 0.329 e. The molecule has 8 heteroatoms. The first kappa shape index (κ1) is 11.6. The summed E-state index contributed by atoms with van der Waals surface area (Å²) in [5, 5.41) is 7.82. The number of nitrogen functional groups attached to an aromatic ring is 1. The molecule has 0 aromatic carbocycles. The van der Waals surface area contributed by atoms with Gasteiger partial charge in [0.2, 0.25) is 0 Å². The monoisotopic (exact) mass is 259 g/mol. The van der Waals surface area contributed by atoms with Gasteiger partial charge in [-0.1, -0.05) is 0 Å². The summed E-state index contributed by atoms with van der Waals surface area (Å²) in [5.74, 6) is 6.49. The number of hydrogen-bond donors (Lipinski definition) is 2. The molecule has 0 saturated carbocycles. The maximum absolute atomic E-state index is 12.3. The number of carbonyl (C=O) groups is 1. The van der Waals surface area contributed by atoms with Crippen LogP contribution in [0.2, 0.25) is 0 Å². The maximum atomic E-state index is 12.3. The Kier molecular flexibility index (Phi) is 2.84. The number of amides is 1. The number of nitrogens with two attached hydrogens (primary N) is 1. The summed E-state index contributed by atoms with van der Waals surface area (Å²) >= 11 is 0. The topological polar surface area (TPSA) is 102 Å². The molecule has 2 aromatic rings. The molecule has 3 rings (SSSR count). The zero-order chi connectivity index (χ0) is 13.2. The van der Waals surface area contributed by atoms with Gasteiger partial charge in [0.1, 0.15) is 12.1 Å². The molecule has 1 aliphatic heterocycles. The summed E-state index contributed by atoms with van der Waals surface area (Å²) in [6, 6.07) is 3.36. The van der Waals surface area contributed by atoms with Crippen LogP contribution in [0.1, 0.15) is 16.2 Å². The van der Waals surface area contributed by atoms with E-state index < -0.39 is 0 Å². The standard InChI is InChI=1S/C11H13N7O/c12-15-9-2-1-8(5-13-9)11(19)17-3-4-18-7-14-16-10(18)6-17/h1-2,5,7H,3-4,6,12H2,(H,13,15). The Morgan fingerprint density at radius 1 is 1.37 bits per heavy atom. The molecule has 0 radical (unpaired) electrons. The van der Waals surface area contributed by atoms with Crippen molar-refractivity contribution in [2.75, 3.05) is 12.0 Å². The lowest BCUT2D eigenvalue weighted by atomic mass is 10.2. The summed E-state index contributed by atoms with van der Waals surface area (Å²) in [6.45, 7) is 1.82. The Labute approximate surface area is 109 Å². The minimum absolute atomic E-state index is 0.0645. The van der Waals surface area contributed by atoms with E-state index in [1.54, 1.807) is 23.4 Å². The normalized spacial score (nSPS) is 14.1. The molecule has 2 aromatic heterocycles. The number of anilines is 1. The molecule has 98 valence electrons. The first-order chi connectivity index (χ1) is 9.28. The lowest BCUT2D eigenvalue weighted by Gasteiger charge is -2.27. The molecule has 8 nitrogen and oxygen atoms in total. The van der Waals surface area contributed by atoms with Crippen LogP contribution in [0.15, 0.2) is 24.7 Å². The smallest absolute Gasteiger partial charge is 0.255 e. The molecule has 19 heavy (non-hydrogen) atoms. The molecular weight excluding hydrogens is 246 g/mol. The van der Waals surface area contributed by atoms with Crippen LogP contribution in [0.25, 0.3) is 0 Å². The Balaban J connectivity index is 1.77. The fourth-order valence-corrected chi connectivity index (χ4v) is 2.03. The van der Waals surface area contributed by atoms with Crippen molar-refractivity contribution >= 4 is 11.7 Å². The van der Waals surface area contributed by atoms with Crippen LogP contribution in [-0.4, -0.2) is 37.1 Å². The van der Waals surface area contributed by atoms with Crippen LogP contribution in [0.3, 0.4) is 0 Å². The van der Waals surface area contributed by atoms with E-state index in [1.165, 1.54) is 6.20 Å². The third kappa shape index (κ3) is 2.13. The molecule has 0 bridgehead atoms. The predicted octanol–water partition coefficient (Wildman–Crippen LogP) is -0.385. The molecule has 1 amide bonds. The van der Waals surface area contributed by atoms with E-state index in [9.17, 15) is 4.79 Å². The quantitative estimate of drug-likeness (QED) is 0.563. The highest BCUT2D eigenvalue weighted by atomic mass is 16.2. The number of nitrogens with zero attached hydrogens (tertiary/aromatic N) is 5. The van der Waals surface area contributed by atoms with E-state index in [0.29, 0.717) is 31.0 Å². The number of rotatable bonds is 2. The average molecular weight is 259 g/mol.